The van der Waals surface area contributed by atoms with Gasteiger partial charge in [0.05, 0.1) is 7.11 Å². The van der Waals surface area contributed by atoms with Crippen molar-refractivity contribution in [2.75, 3.05) is 7.11 Å². The molecule has 0 spiro atoms. The maximum absolute atomic E-state index is 10.6. The smallest absolute Gasteiger partial charge is 0.330 e. The van der Waals surface area contributed by atoms with E-state index < -0.39 is 0 Å². The van der Waals surface area contributed by atoms with Crippen LogP contribution in [0.1, 0.15) is 20.8 Å². The molecule has 0 aliphatic rings. The van der Waals surface area contributed by atoms with Crippen LogP contribution in [0.4, 0.5) is 0 Å². The molecule has 0 radical (unpaired) electrons. The Balaban J connectivity index is 4.03. The maximum Gasteiger partial charge on any atom is 0.330 e. The van der Waals surface area contributed by atoms with Gasteiger partial charge in [0.15, 0.2) is 0 Å². The molecule has 0 aromatic heterocycles. The molecule has 0 heterocycles. The average molecular weight is 142 g/mol. The zero-order chi connectivity index (χ0) is 8.15. The largest absolute Gasteiger partial charge is 0.466 e. The predicted octanol–water partition coefficient (Wildman–Crippen LogP) is 1.76. The Bertz CT molecular complexity index is 145. The van der Waals surface area contributed by atoms with Crippen LogP contribution in [0.3, 0.4) is 0 Å². The van der Waals surface area contributed by atoms with Crippen molar-refractivity contribution in [3.8, 4) is 0 Å². The van der Waals surface area contributed by atoms with Gasteiger partial charge in [-0.3, -0.25) is 0 Å². The minimum Gasteiger partial charge on any atom is -0.466 e. The number of rotatable bonds is 2. The van der Waals surface area contributed by atoms with E-state index in [1.54, 1.807) is 0 Å². The van der Waals surface area contributed by atoms with E-state index in [9.17, 15) is 4.79 Å². The molecule has 0 aliphatic heterocycles. The number of methoxy groups -OCH3 is 1. The van der Waals surface area contributed by atoms with Crippen molar-refractivity contribution >= 4 is 5.97 Å². The average Bonchev–Trinajstić information content (AvgIpc) is 1.87. The molecular formula is C8H14O2. The minimum atomic E-state index is -0.272. The summed E-state index contributed by atoms with van der Waals surface area (Å²) in [5.41, 5.74) is 1.05. The SMILES string of the molecule is COC(=O)C=C(C)C(C)C. The first kappa shape index (κ1) is 9.21. The molecule has 0 amide bonds. The normalized spacial score (nSPS) is 11.9. The summed E-state index contributed by atoms with van der Waals surface area (Å²) >= 11 is 0. The fourth-order valence-electron chi connectivity index (χ4n) is 0.411. The summed E-state index contributed by atoms with van der Waals surface area (Å²) in [4.78, 5) is 10.6. The summed E-state index contributed by atoms with van der Waals surface area (Å²) in [5, 5.41) is 0. The van der Waals surface area contributed by atoms with Gasteiger partial charge in [0, 0.05) is 6.08 Å². The van der Waals surface area contributed by atoms with E-state index in [1.807, 2.05) is 20.8 Å². The number of carbonyl (C=O) groups is 1. The van der Waals surface area contributed by atoms with E-state index in [0.717, 1.165) is 5.57 Å². The molecule has 0 aromatic carbocycles. The highest BCUT2D eigenvalue weighted by Crippen LogP contribution is 2.06. The van der Waals surface area contributed by atoms with Gasteiger partial charge >= 0.3 is 5.97 Å². The molecule has 0 fully saturated rings. The van der Waals surface area contributed by atoms with Crippen LogP contribution in [-0.4, -0.2) is 13.1 Å². The van der Waals surface area contributed by atoms with Gasteiger partial charge in [-0.1, -0.05) is 19.4 Å². The topological polar surface area (TPSA) is 26.3 Å². The first-order valence-corrected chi connectivity index (χ1v) is 3.34. The highest BCUT2D eigenvalue weighted by molar-refractivity contribution is 5.82. The highest BCUT2D eigenvalue weighted by atomic mass is 16.5. The van der Waals surface area contributed by atoms with E-state index in [1.165, 1.54) is 13.2 Å². The van der Waals surface area contributed by atoms with E-state index in [0.29, 0.717) is 5.92 Å². The van der Waals surface area contributed by atoms with Crippen molar-refractivity contribution in [2.24, 2.45) is 5.92 Å². The monoisotopic (exact) mass is 142 g/mol. The van der Waals surface area contributed by atoms with Crippen LogP contribution in [-0.2, 0) is 9.53 Å². The standard InChI is InChI=1S/C8H14O2/c1-6(2)7(3)5-8(9)10-4/h5-6H,1-4H3. The van der Waals surface area contributed by atoms with E-state index in [-0.39, 0.29) is 5.97 Å². The van der Waals surface area contributed by atoms with Crippen molar-refractivity contribution < 1.29 is 9.53 Å². The molecule has 10 heavy (non-hydrogen) atoms. The van der Waals surface area contributed by atoms with E-state index in [4.69, 9.17) is 0 Å². The molecule has 2 heteroatoms. The van der Waals surface area contributed by atoms with Gasteiger partial charge in [0.25, 0.3) is 0 Å². The second kappa shape index (κ2) is 4.09. The van der Waals surface area contributed by atoms with Crippen molar-refractivity contribution in [3.05, 3.63) is 11.6 Å². The van der Waals surface area contributed by atoms with Crippen molar-refractivity contribution in [2.45, 2.75) is 20.8 Å². The number of carbonyl (C=O) groups excluding carboxylic acids is 1. The molecule has 0 aliphatic carbocycles. The predicted molar refractivity (Wildman–Crippen MR) is 40.6 cm³/mol. The van der Waals surface area contributed by atoms with E-state index in [2.05, 4.69) is 4.74 Å². The highest BCUT2D eigenvalue weighted by Gasteiger charge is 1.99. The third-order valence-corrected chi connectivity index (χ3v) is 1.46. The van der Waals surface area contributed by atoms with Crippen molar-refractivity contribution in [1.29, 1.82) is 0 Å². The first-order chi connectivity index (χ1) is 4.57. The van der Waals surface area contributed by atoms with Crippen LogP contribution in [0.15, 0.2) is 11.6 Å². The zero-order valence-electron chi connectivity index (χ0n) is 6.97. The summed E-state index contributed by atoms with van der Waals surface area (Å²) in [6.45, 7) is 5.99. The molecule has 0 bridgehead atoms. The third-order valence-electron chi connectivity index (χ3n) is 1.46. The first-order valence-electron chi connectivity index (χ1n) is 3.34. The minimum absolute atomic E-state index is 0.272. The van der Waals surface area contributed by atoms with Crippen LogP contribution in [0, 0.1) is 5.92 Å². The van der Waals surface area contributed by atoms with Crippen LogP contribution >= 0.6 is 0 Å². The number of allylic oxidation sites excluding steroid dienone is 1. The van der Waals surface area contributed by atoms with Gasteiger partial charge in [0.2, 0.25) is 0 Å². The Labute approximate surface area is 61.9 Å². The summed E-state index contributed by atoms with van der Waals surface area (Å²) < 4.78 is 4.46. The lowest BCUT2D eigenvalue weighted by Crippen LogP contribution is -1.98. The second-order valence-corrected chi connectivity index (χ2v) is 2.57. The molecular weight excluding hydrogens is 128 g/mol. The Hall–Kier alpha value is -0.790. The van der Waals surface area contributed by atoms with Gasteiger partial charge in [-0.2, -0.15) is 0 Å². The Morgan fingerprint density at radius 3 is 2.30 bits per heavy atom. The van der Waals surface area contributed by atoms with Gasteiger partial charge in [-0.25, -0.2) is 4.79 Å². The summed E-state index contributed by atoms with van der Waals surface area (Å²) in [7, 11) is 1.38. The van der Waals surface area contributed by atoms with Gasteiger partial charge in [-0.15, -0.1) is 0 Å². The van der Waals surface area contributed by atoms with Crippen LogP contribution in [0.5, 0.6) is 0 Å². The molecule has 0 atom stereocenters. The fourth-order valence-corrected chi connectivity index (χ4v) is 0.411. The third kappa shape index (κ3) is 3.28. The van der Waals surface area contributed by atoms with Crippen LogP contribution in [0.25, 0.3) is 0 Å². The molecule has 58 valence electrons. The number of ether oxygens (including phenoxy) is 1. The summed E-state index contributed by atoms with van der Waals surface area (Å²) in [6, 6.07) is 0. The number of hydrogen-bond donors (Lipinski definition) is 0. The van der Waals surface area contributed by atoms with Gasteiger partial charge < -0.3 is 4.74 Å². The lowest BCUT2D eigenvalue weighted by Gasteiger charge is -2.02. The molecule has 0 saturated carbocycles. The Kier molecular flexibility index (Phi) is 3.77. The van der Waals surface area contributed by atoms with Gasteiger partial charge in [0.1, 0.15) is 0 Å². The lowest BCUT2D eigenvalue weighted by molar-refractivity contribution is -0.134. The van der Waals surface area contributed by atoms with Crippen molar-refractivity contribution in [1.82, 2.24) is 0 Å². The van der Waals surface area contributed by atoms with Gasteiger partial charge in [-0.05, 0) is 12.8 Å². The molecule has 0 saturated heterocycles. The quantitative estimate of drug-likeness (QED) is 0.434. The Morgan fingerprint density at radius 1 is 1.50 bits per heavy atom. The van der Waals surface area contributed by atoms with E-state index >= 15 is 0 Å². The summed E-state index contributed by atoms with van der Waals surface area (Å²) in [5.74, 6) is 0.144. The second-order valence-electron chi connectivity index (χ2n) is 2.57. The number of esters is 1. The fraction of sp³-hybridized carbons (Fsp3) is 0.625. The molecule has 2 nitrogen and oxygen atoms in total. The van der Waals surface area contributed by atoms with Crippen LogP contribution < -0.4 is 0 Å². The summed E-state index contributed by atoms with van der Waals surface area (Å²) in [6.07, 6.45) is 1.52. The lowest BCUT2D eigenvalue weighted by atomic mass is 10.1. The maximum atomic E-state index is 10.6. The Morgan fingerprint density at radius 2 is 2.00 bits per heavy atom. The molecule has 0 aromatic rings. The number of hydrogen-bond acceptors (Lipinski definition) is 2. The van der Waals surface area contributed by atoms with Crippen LogP contribution in [0.2, 0.25) is 0 Å². The van der Waals surface area contributed by atoms with Crippen molar-refractivity contribution in [3.63, 3.8) is 0 Å². The molecule has 0 unspecified atom stereocenters. The zero-order valence-corrected chi connectivity index (χ0v) is 6.97. The molecule has 0 N–H and O–H groups in total. The molecule has 0 rings (SSSR count).